The predicted molar refractivity (Wildman–Crippen MR) is 46.0 cm³/mol. The van der Waals surface area contributed by atoms with Crippen LogP contribution in [0.25, 0.3) is 0 Å². The van der Waals surface area contributed by atoms with Gasteiger partial charge in [-0.2, -0.15) is 13.2 Å². The van der Waals surface area contributed by atoms with E-state index in [9.17, 15) is 13.2 Å². The molecule has 1 aromatic carbocycles. The maximum absolute atomic E-state index is 12.4. The molecular formula is C8H8BF3O2. The standard InChI is InChI=1S/C8H8BF3O2/c1-5-4-6(8(10,11)12)2-3-7(5)9(13)14/h2-4,13-14H,1H3/i1D3. The highest BCUT2D eigenvalue weighted by molar-refractivity contribution is 6.59. The molecule has 2 N–H and O–H groups in total. The SMILES string of the molecule is [2H]C([2H])([2H])c1cc(C(F)(F)F)ccc1B(O)O. The molecule has 0 saturated heterocycles. The highest BCUT2D eigenvalue weighted by Gasteiger charge is 2.31. The fraction of sp³-hybridized carbons (Fsp3) is 0.250. The minimum Gasteiger partial charge on any atom is -0.423 e. The molecule has 0 heterocycles. The molecule has 0 amide bonds. The topological polar surface area (TPSA) is 40.5 Å². The third-order valence-corrected chi connectivity index (χ3v) is 1.66. The van der Waals surface area contributed by atoms with Gasteiger partial charge in [0.2, 0.25) is 0 Å². The summed E-state index contributed by atoms with van der Waals surface area (Å²) in [6, 6.07) is 1.75. The number of aryl methyl sites for hydroxylation is 1. The van der Waals surface area contributed by atoms with Crippen LogP contribution < -0.4 is 5.46 Å². The monoisotopic (exact) mass is 207 g/mol. The van der Waals surface area contributed by atoms with Gasteiger partial charge in [0.1, 0.15) is 0 Å². The quantitative estimate of drug-likeness (QED) is 0.665. The zero-order chi connectivity index (χ0) is 13.4. The van der Waals surface area contributed by atoms with Crippen molar-refractivity contribution in [3.05, 3.63) is 29.3 Å². The molecule has 6 heteroatoms. The Morgan fingerprint density at radius 3 is 2.43 bits per heavy atom. The van der Waals surface area contributed by atoms with Crippen molar-refractivity contribution in [1.82, 2.24) is 0 Å². The van der Waals surface area contributed by atoms with Gasteiger partial charge in [0, 0.05) is 4.11 Å². The van der Waals surface area contributed by atoms with E-state index in [1.807, 2.05) is 0 Å². The zero-order valence-corrected chi connectivity index (χ0v) is 6.84. The smallest absolute Gasteiger partial charge is 0.423 e. The minimum atomic E-state index is -4.68. The Morgan fingerprint density at radius 1 is 1.36 bits per heavy atom. The van der Waals surface area contributed by atoms with Gasteiger partial charge in [-0.15, -0.1) is 0 Å². The van der Waals surface area contributed by atoms with Crippen molar-refractivity contribution < 1.29 is 27.3 Å². The van der Waals surface area contributed by atoms with Gasteiger partial charge in [0.25, 0.3) is 0 Å². The van der Waals surface area contributed by atoms with E-state index in [0.29, 0.717) is 12.1 Å². The van der Waals surface area contributed by atoms with Crippen LogP contribution in [0.5, 0.6) is 0 Å². The highest BCUT2D eigenvalue weighted by atomic mass is 19.4. The summed E-state index contributed by atoms with van der Waals surface area (Å²) in [5.41, 5.74) is -2.33. The molecule has 0 unspecified atom stereocenters. The fourth-order valence-electron chi connectivity index (χ4n) is 0.958. The lowest BCUT2D eigenvalue weighted by atomic mass is 9.77. The van der Waals surface area contributed by atoms with Gasteiger partial charge in [-0.1, -0.05) is 17.7 Å². The lowest BCUT2D eigenvalue weighted by Gasteiger charge is -2.10. The number of hydrogen-bond acceptors (Lipinski definition) is 2. The summed E-state index contributed by atoms with van der Waals surface area (Å²) >= 11 is 0. The molecule has 76 valence electrons. The number of rotatable bonds is 1. The van der Waals surface area contributed by atoms with Crippen molar-refractivity contribution in [2.75, 3.05) is 0 Å². The molecule has 1 aromatic rings. The lowest BCUT2D eigenvalue weighted by Crippen LogP contribution is -2.32. The van der Waals surface area contributed by atoms with E-state index < -0.39 is 36.7 Å². The Labute approximate surface area is 83.4 Å². The first-order valence-corrected chi connectivity index (χ1v) is 3.61. The molecule has 0 atom stereocenters. The van der Waals surface area contributed by atoms with Gasteiger partial charge >= 0.3 is 13.3 Å². The first kappa shape index (κ1) is 7.31. The van der Waals surface area contributed by atoms with Crippen molar-refractivity contribution >= 4 is 12.6 Å². The van der Waals surface area contributed by atoms with Crippen LogP contribution in [-0.4, -0.2) is 17.2 Å². The van der Waals surface area contributed by atoms with Crippen LogP contribution in [0.3, 0.4) is 0 Å². The Morgan fingerprint density at radius 2 is 2.00 bits per heavy atom. The number of alkyl halides is 3. The van der Waals surface area contributed by atoms with Crippen LogP contribution >= 0.6 is 0 Å². The Bertz CT molecular complexity index is 417. The van der Waals surface area contributed by atoms with Crippen molar-refractivity contribution in [2.24, 2.45) is 0 Å². The molecule has 0 aliphatic rings. The molecule has 0 aliphatic carbocycles. The second-order valence-electron chi connectivity index (χ2n) is 2.67. The van der Waals surface area contributed by atoms with Crippen LogP contribution in [0.15, 0.2) is 18.2 Å². The van der Waals surface area contributed by atoms with Crippen molar-refractivity contribution in [1.29, 1.82) is 0 Å². The molecular weight excluding hydrogens is 196 g/mol. The van der Waals surface area contributed by atoms with E-state index in [-0.39, 0.29) is 0 Å². The molecule has 0 bridgehead atoms. The van der Waals surface area contributed by atoms with Crippen LogP contribution in [0.2, 0.25) is 0 Å². The largest absolute Gasteiger partial charge is 0.488 e. The second-order valence-corrected chi connectivity index (χ2v) is 2.67. The molecule has 0 fully saturated rings. The molecule has 14 heavy (non-hydrogen) atoms. The average molecular weight is 207 g/mol. The summed E-state index contributed by atoms with van der Waals surface area (Å²) in [6.45, 7) is -2.85. The van der Waals surface area contributed by atoms with Crippen molar-refractivity contribution in [3.63, 3.8) is 0 Å². The van der Waals surface area contributed by atoms with Crippen LogP contribution in [0, 0.1) is 6.85 Å². The average Bonchev–Trinajstić information content (AvgIpc) is 2.14. The van der Waals surface area contributed by atoms with Gasteiger partial charge in [-0.25, -0.2) is 0 Å². The highest BCUT2D eigenvalue weighted by Crippen LogP contribution is 2.28. The molecule has 2 nitrogen and oxygen atoms in total. The number of benzene rings is 1. The van der Waals surface area contributed by atoms with Gasteiger partial charge in [-0.3, -0.25) is 0 Å². The summed E-state index contributed by atoms with van der Waals surface area (Å²) < 4.78 is 58.3. The molecule has 0 aliphatic heterocycles. The van der Waals surface area contributed by atoms with Crippen LogP contribution in [0.4, 0.5) is 13.2 Å². The summed E-state index contributed by atoms with van der Waals surface area (Å²) in [7, 11) is -2.13. The van der Waals surface area contributed by atoms with E-state index in [4.69, 9.17) is 14.2 Å². The van der Waals surface area contributed by atoms with Gasteiger partial charge < -0.3 is 10.0 Å². The third kappa shape index (κ3) is 2.27. The van der Waals surface area contributed by atoms with E-state index >= 15 is 0 Å². The summed E-state index contributed by atoms with van der Waals surface area (Å²) in [5.74, 6) is 0. The predicted octanol–water partition coefficient (Wildman–Crippen LogP) is 0.694. The maximum atomic E-state index is 12.4. The second kappa shape index (κ2) is 3.63. The van der Waals surface area contributed by atoms with Crippen molar-refractivity contribution in [2.45, 2.75) is 13.0 Å². The first-order chi connectivity index (χ1) is 7.53. The molecule has 0 saturated carbocycles. The third-order valence-electron chi connectivity index (χ3n) is 1.66. The Balaban J connectivity index is 3.41. The molecule has 0 spiro atoms. The first-order valence-electron chi connectivity index (χ1n) is 5.11. The van der Waals surface area contributed by atoms with E-state index in [2.05, 4.69) is 0 Å². The van der Waals surface area contributed by atoms with Gasteiger partial charge in [-0.05, 0) is 18.4 Å². The lowest BCUT2D eigenvalue weighted by molar-refractivity contribution is -0.137. The summed E-state index contributed by atoms with van der Waals surface area (Å²) in [5, 5.41) is 17.8. The van der Waals surface area contributed by atoms with Crippen LogP contribution in [0.1, 0.15) is 15.2 Å². The maximum Gasteiger partial charge on any atom is 0.488 e. The molecule has 0 aromatic heterocycles. The van der Waals surface area contributed by atoms with Gasteiger partial charge in [0.15, 0.2) is 0 Å². The number of halogens is 3. The fourth-order valence-corrected chi connectivity index (χ4v) is 0.958. The Kier molecular flexibility index (Phi) is 1.89. The van der Waals surface area contributed by atoms with Gasteiger partial charge in [0.05, 0.1) is 5.56 Å². The molecule has 0 radical (unpaired) electrons. The molecule has 1 rings (SSSR count). The Hall–Kier alpha value is -1.01. The van der Waals surface area contributed by atoms with Crippen LogP contribution in [-0.2, 0) is 6.18 Å². The van der Waals surface area contributed by atoms with Crippen molar-refractivity contribution in [3.8, 4) is 0 Å². The summed E-state index contributed by atoms with van der Waals surface area (Å²) in [4.78, 5) is 0. The van der Waals surface area contributed by atoms with E-state index in [0.717, 1.165) is 6.07 Å². The summed E-state index contributed by atoms with van der Waals surface area (Å²) in [6.07, 6.45) is -4.68. The normalized spacial score (nSPS) is 15.6. The number of hydrogen-bond donors (Lipinski definition) is 2. The van der Waals surface area contributed by atoms with E-state index in [1.54, 1.807) is 0 Å². The van der Waals surface area contributed by atoms with E-state index in [1.165, 1.54) is 0 Å². The minimum absolute atomic E-state index is 0.405. The zero-order valence-electron chi connectivity index (χ0n) is 9.84.